The van der Waals surface area contributed by atoms with E-state index in [0.717, 1.165) is 0 Å². The summed E-state index contributed by atoms with van der Waals surface area (Å²) in [6, 6.07) is 0. The van der Waals surface area contributed by atoms with Gasteiger partial charge in [-0.25, -0.2) is 4.79 Å². The van der Waals surface area contributed by atoms with Crippen LogP contribution in [0.4, 0.5) is 4.79 Å². The fourth-order valence-electron chi connectivity index (χ4n) is 0.879. The fourth-order valence-corrected chi connectivity index (χ4v) is 0.879. The van der Waals surface area contributed by atoms with Gasteiger partial charge in [0, 0.05) is 18.8 Å². The Morgan fingerprint density at radius 1 is 1.53 bits per heavy atom. The third-order valence-electron chi connectivity index (χ3n) is 1.51. The maximum atomic E-state index is 11.0. The molecule has 1 atom stereocenters. The summed E-state index contributed by atoms with van der Waals surface area (Å²) >= 11 is 0. The van der Waals surface area contributed by atoms with Gasteiger partial charge in [-0.1, -0.05) is 0 Å². The van der Waals surface area contributed by atoms with Crippen molar-refractivity contribution in [2.45, 2.75) is 26.1 Å². The lowest BCUT2D eigenvalue weighted by atomic mass is 10.0. The average Bonchev–Trinajstić information content (AvgIpc) is 2.26. The molecule has 0 aromatic rings. The molecule has 1 N–H and O–H groups in total. The molecule has 0 rings (SSSR count). The lowest BCUT2D eigenvalue weighted by Gasteiger charge is -2.12. The topological polar surface area (TPSA) is 55.8 Å². The second-order valence-electron chi connectivity index (χ2n) is 2.93. The summed E-state index contributed by atoms with van der Waals surface area (Å²) in [5, 5.41) is 3.98. The molecule has 0 saturated heterocycles. The summed E-state index contributed by atoms with van der Waals surface area (Å²) < 4.78 is 15.8. The Morgan fingerprint density at radius 2 is 2.13 bits per heavy atom. The second kappa shape index (κ2) is 7.73. The smallest absolute Gasteiger partial charge is 0.434 e. The SMILES string of the molecule is [2H]OC(C)OC(=O)OCC(CC#C)CC#C. The molecule has 0 spiro atoms. The highest BCUT2D eigenvalue weighted by molar-refractivity contribution is 5.59. The maximum absolute atomic E-state index is 11.0. The van der Waals surface area contributed by atoms with Crippen molar-refractivity contribution in [2.24, 2.45) is 5.92 Å². The highest BCUT2D eigenvalue weighted by Crippen LogP contribution is 2.08. The monoisotopic (exact) mass is 211 g/mol. The van der Waals surface area contributed by atoms with E-state index in [-0.39, 0.29) is 12.5 Å². The van der Waals surface area contributed by atoms with Crippen LogP contribution in [0.5, 0.6) is 0 Å². The number of rotatable bonds is 6. The molecule has 0 aliphatic carbocycles. The van der Waals surface area contributed by atoms with E-state index < -0.39 is 12.4 Å². The fraction of sp³-hybridized carbons (Fsp3) is 0.545. The Labute approximate surface area is 91.1 Å². The van der Waals surface area contributed by atoms with Crippen LogP contribution in [-0.2, 0) is 9.47 Å². The van der Waals surface area contributed by atoms with Crippen molar-refractivity contribution in [1.82, 2.24) is 0 Å². The summed E-state index contributed by atoms with van der Waals surface area (Å²) in [6.45, 7) is 1.49. The van der Waals surface area contributed by atoms with Gasteiger partial charge in [-0.15, -0.1) is 24.7 Å². The molecule has 0 aliphatic rings. The Balaban J connectivity index is 3.88. The van der Waals surface area contributed by atoms with E-state index in [2.05, 4.69) is 21.7 Å². The van der Waals surface area contributed by atoms with Gasteiger partial charge >= 0.3 is 6.16 Å². The van der Waals surface area contributed by atoms with Gasteiger partial charge in [0.15, 0.2) is 0 Å². The van der Waals surface area contributed by atoms with Crippen LogP contribution in [0.15, 0.2) is 0 Å². The van der Waals surface area contributed by atoms with E-state index in [4.69, 9.17) is 19.0 Å². The molecular formula is C11H14O4. The summed E-state index contributed by atoms with van der Waals surface area (Å²) in [7, 11) is 0. The molecule has 0 bridgehead atoms. The number of carbonyl (C=O) groups is 1. The Bertz CT molecular complexity index is 273. The van der Waals surface area contributed by atoms with Crippen molar-refractivity contribution in [1.29, 1.82) is 1.43 Å². The quantitative estimate of drug-likeness (QED) is 0.406. The third-order valence-corrected chi connectivity index (χ3v) is 1.51. The largest absolute Gasteiger partial charge is 0.510 e. The van der Waals surface area contributed by atoms with Crippen molar-refractivity contribution in [3.8, 4) is 24.7 Å². The normalized spacial score (nSPS) is 12.1. The molecule has 4 heteroatoms. The van der Waals surface area contributed by atoms with Gasteiger partial charge in [0.05, 0.1) is 6.61 Å². The number of hydrogen-bond acceptors (Lipinski definition) is 4. The molecule has 0 saturated carbocycles. The number of ether oxygens (including phenoxy) is 2. The molecular weight excluding hydrogens is 196 g/mol. The number of carbonyl (C=O) groups excluding carboxylic acids is 1. The van der Waals surface area contributed by atoms with Crippen molar-refractivity contribution >= 4 is 6.16 Å². The molecule has 0 radical (unpaired) electrons. The minimum absolute atomic E-state index is 0.0743. The zero-order valence-electron chi connectivity index (χ0n) is 9.56. The lowest BCUT2D eigenvalue weighted by molar-refractivity contribution is -0.0706. The number of hydrogen-bond donors (Lipinski definition) is 1. The first-order chi connectivity index (χ1) is 7.63. The Morgan fingerprint density at radius 3 is 2.60 bits per heavy atom. The van der Waals surface area contributed by atoms with E-state index in [0.29, 0.717) is 12.8 Å². The molecule has 82 valence electrons. The van der Waals surface area contributed by atoms with Crippen LogP contribution in [0, 0.1) is 30.6 Å². The summed E-state index contributed by atoms with van der Waals surface area (Å²) in [5.41, 5.74) is 0. The number of terminal acetylenes is 2. The van der Waals surface area contributed by atoms with Crippen molar-refractivity contribution in [3.05, 3.63) is 0 Å². The minimum Gasteiger partial charge on any atom is -0.434 e. The first kappa shape index (κ1) is 11.4. The predicted octanol–water partition coefficient (Wildman–Crippen LogP) is 1.14. The van der Waals surface area contributed by atoms with Crippen molar-refractivity contribution < 1.29 is 19.4 Å². The van der Waals surface area contributed by atoms with E-state index in [1.165, 1.54) is 6.92 Å². The summed E-state index contributed by atoms with van der Waals surface area (Å²) in [6.07, 6.45) is 9.26. The van der Waals surface area contributed by atoms with E-state index in [1.807, 2.05) is 0 Å². The third kappa shape index (κ3) is 7.42. The van der Waals surface area contributed by atoms with E-state index in [1.54, 1.807) is 0 Å². The molecule has 0 aliphatic heterocycles. The summed E-state index contributed by atoms with van der Waals surface area (Å²) in [4.78, 5) is 11.0. The number of aliphatic hydroxyl groups excluding tert-OH is 1. The van der Waals surface area contributed by atoms with Crippen LogP contribution in [-0.4, -0.2) is 25.6 Å². The Kier molecular flexibility index (Phi) is 5.88. The second-order valence-corrected chi connectivity index (χ2v) is 2.93. The van der Waals surface area contributed by atoms with Crippen LogP contribution in [0.3, 0.4) is 0 Å². The van der Waals surface area contributed by atoms with Gasteiger partial charge in [0.2, 0.25) is 7.72 Å². The van der Waals surface area contributed by atoms with Gasteiger partial charge in [-0.3, -0.25) is 0 Å². The van der Waals surface area contributed by atoms with Crippen LogP contribution >= 0.6 is 0 Å². The van der Waals surface area contributed by atoms with Crippen molar-refractivity contribution in [2.75, 3.05) is 6.61 Å². The lowest BCUT2D eigenvalue weighted by Crippen LogP contribution is -2.18. The average molecular weight is 211 g/mol. The highest BCUT2D eigenvalue weighted by Gasteiger charge is 2.12. The first-order valence-electron chi connectivity index (χ1n) is 4.87. The van der Waals surface area contributed by atoms with Crippen LogP contribution < -0.4 is 0 Å². The van der Waals surface area contributed by atoms with Gasteiger partial charge in [-0.2, -0.15) is 0 Å². The standard InChI is InChI=1S/C11H14O4/c1-4-6-10(7-5-2)8-14-11(13)15-9(3)12/h1-2,9-10,12H,6-8H2,3H3/i12D. The zero-order chi connectivity index (χ0) is 12.4. The van der Waals surface area contributed by atoms with Crippen molar-refractivity contribution in [3.63, 3.8) is 0 Å². The maximum Gasteiger partial charge on any atom is 0.510 e. The summed E-state index contributed by atoms with van der Waals surface area (Å²) in [5.74, 6) is 4.82. The molecule has 0 amide bonds. The van der Waals surface area contributed by atoms with Crippen LogP contribution in [0.2, 0.25) is 0 Å². The molecule has 15 heavy (non-hydrogen) atoms. The molecule has 4 nitrogen and oxygen atoms in total. The highest BCUT2D eigenvalue weighted by atomic mass is 16.8. The molecule has 1 unspecified atom stereocenters. The van der Waals surface area contributed by atoms with Gasteiger partial charge in [0.1, 0.15) is 0 Å². The Hall–Kier alpha value is -1.65. The van der Waals surface area contributed by atoms with Gasteiger partial charge in [0.25, 0.3) is 0 Å². The molecule has 0 aromatic carbocycles. The van der Waals surface area contributed by atoms with E-state index in [9.17, 15) is 4.79 Å². The molecule has 0 fully saturated rings. The van der Waals surface area contributed by atoms with Gasteiger partial charge < -0.3 is 14.6 Å². The molecule has 0 aromatic heterocycles. The van der Waals surface area contributed by atoms with E-state index >= 15 is 0 Å². The predicted molar refractivity (Wildman–Crippen MR) is 54.5 cm³/mol. The van der Waals surface area contributed by atoms with Crippen LogP contribution in [0.25, 0.3) is 0 Å². The van der Waals surface area contributed by atoms with Gasteiger partial charge in [-0.05, 0) is 6.92 Å². The first-order valence-corrected chi connectivity index (χ1v) is 4.46. The minimum atomic E-state index is -0.966. The number of aliphatic hydroxyl groups is 1. The zero-order valence-corrected chi connectivity index (χ0v) is 8.56. The molecule has 0 heterocycles. The van der Waals surface area contributed by atoms with Crippen LogP contribution in [0.1, 0.15) is 19.8 Å².